The Morgan fingerprint density at radius 2 is 2.05 bits per heavy atom. The molecule has 21 heavy (non-hydrogen) atoms. The number of hydrogen-bond acceptors (Lipinski definition) is 5. The van der Waals surface area contributed by atoms with E-state index in [0.717, 1.165) is 6.42 Å². The minimum atomic E-state index is -3.17. The van der Waals surface area contributed by atoms with Crippen molar-refractivity contribution >= 4 is 21.8 Å². The van der Waals surface area contributed by atoms with Gasteiger partial charge in [0, 0.05) is 19.1 Å². The summed E-state index contributed by atoms with van der Waals surface area (Å²) in [5.74, 6) is -1.05. The maximum atomic E-state index is 12.5. The first-order chi connectivity index (χ1) is 9.82. The quantitative estimate of drug-likeness (QED) is 0.683. The largest absolute Gasteiger partial charge is 0.480 e. The summed E-state index contributed by atoms with van der Waals surface area (Å²) >= 11 is 0. The van der Waals surface area contributed by atoms with Gasteiger partial charge in [-0.3, -0.25) is 4.79 Å². The number of carboxylic acids is 1. The van der Waals surface area contributed by atoms with Crippen molar-refractivity contribution in [3.63, 3.8) is 0 Å². The van der Waals surface area contributed by atoms with Crippen LogP contribution >= 0.6 is 0 Å². The highest BCUT2D eigenvalue weighted by molar-refractivity contribution is 7.91. The molecule has 2 atom stereocenters. The van der Waals surface area contributed by atoms with Crippen molar-refractivity contribution < 1.29 is 23.1 Å². The van der Waals surface area contributed by atoms with E-state index in [1.54, 1.807) is 4.90 Å². The van der Waals surface area contributed by atoms with Crippen LogP contribution in [0.15, 0.2) is 0 Å². The molecule has 2 heterocycles. The molecule has 0 aromatic rings. The third kappa shape index (κ3) is 3.85. The summed E-state index contributed by atoms with van der Waals surface area (Å²) in [4.78, 5) is 26.2. The molecule has 0 aromatic heterocycles. The van der Waals surface area contributed by atoms with Crippen LogP contribution in [0.25, 0.3) is 0 Å². The minimum Gasteiger partial charge on any atom is -0.480 e. The molecular formula is C12H21N3O5S. The van der Waals surface area contributed by atoms with Gasteiger partial charge in [0.25, 0.3) is 0 Å². The molecule has 0 aliphatic carbocycles. The first-order valence-corrected chi connectivity index (χ1v) is 8.82. The number of carboxylic acid groups (broad SMARTS) is 1. The van der Waals surface area contributed by atoms with E-state index in [2.05, 4.69) is 0 Å². The number of carbonyl (C=O) groups excluding carboxylic acids is 1. The van der Waals surface area contributed by atoms with Crippen molar-refractivity contribution in [2.45, 2.75) is 18.9 Å². The Balaban J connectivity index is 2.09. The zero-order valence-corrected chi connectivity index (χ0v) is 12.6. The number of likely N-dealkylation sites (tertiary alicyclic amines) is 1. The maximum absolute atomic E-state index is 12.5. The summed E-state index contributed by atoms with van der Waals surface area (Å²) in [6.45, 7) is 1.06. The zero-order chi connectivity index (χ0) is 15.6. The molecule has 0 bridgehead atoms. The Kier molecular flexibility index (Phi) is 4.72. The van der Waals surface area contributed by atoms with Gasteiger partial charge in [0.2, 0.25) is 0 Å². The van der Waals surface area contributed by atoms with E-state index in [0.29, 0.717) is 26.1 Å². The number of aliphatic carboxylic acids is 1. The number of hydrogen-bond donors (Lipinski definition) is 2. The second-order valence-electron chi connectivity index (χ2n) is 5.70. The first-order valence-electron chi connectivity index (χ1n) is 7.00. The van der Waals surface area contributed by atoms with E-state index in [1.807, 2.05) is 0 Å². The fourth-order valence-electron chi connectivity index (χ4n) is 2.90. The van der Waals surface area contributed by atoms with E-state index in [4.69, 9.17) is 10.8 Å². The maximum Gasteiger partial charge on any atom is 0.323 e. The summed E-state index contributed by atoms with van der Waals surface area (Å²) < 4.78 is 23.1. The average molecular weight is 319 g/mol. The van der Waals surface area contributed by atoms with Crippen LogP contribution in [-0.4, -0.2) is 79.1 Å². The van der Waals surface area contributed by atoms with Crippen LogP contribution in [0.3, 0.4) is 0 Å². The third-order valence-corrected chi connectivity index (χ3v) is 5.84. The van der Waals surface area contributed by atoms with Gasteiger partial charge in [-0.1, -0.05) is 0 Å². The third-order valence-electron chi connectivity index (χ3n) is 4.09. The predicted octanol–water partition coefficient (Wildman–Crippen LogP) is -1.04. The van der Waals surface area contributed by atoms with Gasteiger partial charge < -0.3 is 20.6 Å². The Morgan fingerprint density at radius 1 is 1.33 bits per heavy atom. The summed E-state index contributed by atoms with van der Waals surface area (Å²) in [5, 5.41) is 8.98. The SMILES string of the molecule is NCC1CCN(C(=O)N(CC(=O)O)C2CCS(=O)(=O)C2)C1. The molecule has 120 valence electrons. The zero-order valence-electron chi connectivity index (χ0n) is 11.8. The second-order valence-corrected chi connectivity index (χ2v) is 7.93. The van der Waals surface area contributed by atoms with E-state index in [9.17, 15) is 18.0 Å². The smallest absolute Gasteiger partial charge is 0.323 e. The molecule has 0 aromatic carbocycles. The highest BCUT2D eigenvalue weighted by Crippen LogP contribution is 2.22. The monoisotopic (exact) mass is 319 g/mol. The molecule has 3 N–H and O–H groups in total. The van der Waals surface area contributed by atoms with Crippen LogP contribution in [-0.2, 0) is 14.6 Å². The highest BCUT2D eigenvalue weighted by Gasteiger charge is 2.38. The Hall–Kier alpha value is -1.35. The number of urea groups is 1. The van der Waals surface area contributed by atoms with E-state index in [-0.39, 0.29) is 17.4 Å². The molecule has 2 amide bonds. The fraction of sp³-hybridized carbons (Fsp3) is 0.833. The van der Waals surface area contributed by atoms with Crippen molar-refractivity contribution in [3.05, 3.63) is 0 Å². The lowest BCUT2D eigenvalue weighted by Gasteiger charge is -2.31. The molecular weight excluding hydrogens is 298 g/mol. The molecule has 2 saturated heterocycles. The summed E-state index contributed by atoms with van der Waals surface area (Å²) in [5.41, 5.74) is 5.59. The molecule has 2 rings (SSSR count). The number of rotatable bonds is 4. The predicted molar refractivity (Wildman–Crippen MR) is 75.5 cm³/mol. The number of nitrogens with zero attached hydrogens (tertiary/aromatic N) is 2. The van der Waals surface area contributed by atoms with Crippen LogP contribution in [0.4, 0.5) is 4.79 Å². The average Bonchev–Trinajstić information content (AvgIpc) is 3.01. The molecule has 0 saturated carbocycles. The topological polar surface area (TPSA) is 121 Å². The number of carbonyl (C=O) groups is 2. The lowest BCUT2D eigenvalue weighted by atomic mass is 10.1. The molecule has 2 aliphatic heterocycles. The van der Waals surface area contributed by atoms with Crippen molar-refractivity contribution in [2.24, 2.45) is 11.7 Å². The van der Waals surface area contributed by atoms with E-state index < -0.39 is 34.4 Å². The fourth-order valence-corrected chi connectivity index (χ4v) is 4.63. The molecule has 2 unspecified atom stereocenters. The molecule has 0 spiro atoms. The molecule has 2 aliphatic rings. The Morgan fingerprint density at radius 3 is 2.52 bits per heavy atom. The van der Waals surface area contributed by atoms with Crippen molar-refractivity contribution in [1.29, 1.82) is 0 Å². The van der Waals surface area contributed by atoms with Gasteiger partial charge in [-0.05, 0) is 25.3 Å². The minimum absolute atomic E-state index is 0.00644. The van der Waals surface area contributed by atoms with Gasteiger partial charge in [0.05, 0.1) is 11.5 Å². The van der Waals surface area contributed by atoms with Crippen LogP contribution in [0.5, 0.6) is 0 Å². The summed E-state index contributed by atoms with van der Waals surface area (Å²) in [7, 11) is -3.17. The number of sulfone groups is 1. The van der Waals surface area contributed by atoms with Crippen LogP contribution in [0, 0.1) is 5.92 Å². The van der Waals surface area contributed by atoms with E-state index in [1.165, 1.54) is 4.90 Å². The van der Waals surface area contributed by atoms with Crippen LogP contribution < -0.4 is 5.73 Å². The van der Waals surface area contributed by atoms with Crippen LogP contribution in [0.2, 0.25) is 0 Å². The molecule has 8 nitrogen and oxygen atoms in total. The normalized spacial score (nSPS) is 27.8. The van der Waals surface area contributed by atoms with Crippen LogP contribution in [0.1, 0.15) is 12.8 Å². The van der Waals surface area contributed by atoms with E-state index >= 15 is 0 Å². The molecule has 2 fully saturated rings. The van der Waals surface area contributed by atoms with Gasteiger partial charge in [-0.2, -0.15) is 0 Å². The van der Waals surface area contributed by atoms with Gasteiger partial charge in [0.15, 0.2) is 9.84 Å². The van der Waals surface area contributed by atoms with Gasteiger partial charge in [-0.25, -0.2) is 13.2 Å². The number of nitrogens with two attached hydrogens (primary N) is 1. The molecule has 0 radical (unpaired) electrons. The molecule has 9 heteroatoms. The van der Waals surface area contributed by atoms with Gasteiger partial charge >= 0.3 is 12.0 Å². The first kappa shape index (κ1) is 16.0. The Bertz CT molecular complexity index is 521. The summed E-state index contributed by atoms with van der Waals surface area (Å²) in [6.07, 6.45) is 1.10. The lowest BCUT2D eigenvalue weighted by molar-refractivity contribution is -0.138. The summed E-state index contributed by atoms with van der Waals surface area (Å²) in [6, 6.07) is -0.939. The van der Waals surface area contributed by atoms with Crippen molar-refractivity contribution in [3.8, 4) is 0 Å². The van der Waals surface area contributed by atoms with Crippen molar-refractivity contribution in [1.82, 2.24) is 9.80 Å². The standard InChI is InChI=1S/C12H21N3O5S/c13-5-9-1-3-14(6-9)12(18)15(7-11(16)17)10-2-4-21(19,20)8-10/h9-10H,1-8,13H2,(H,16,17). The van der Waals surface area contributed by atoms with Gasteiger partial charge in [-0.15, -0.1) is 0 Å². The second kappa shape index (κ2) is 6.18. The Labute approximate surface area is 123 Å². The van der Waals surface area contributed by atoms with Crippen molar-refractivity contribution in [2.75, 3.05) is 37.7 Å². The highest BCUT2D eigenvalue weighted by atomic mass is 32.2. The van der Waals surface area contributed by atoms with Gasteiger partial charge in [0.1, 0.15) is 6.54 Å². The number of amides is 2. The lowest BCUT2D eigenvalue weighted by Crippen LogP contribution is -2.50.